The fraction of sp³-hybridized carbons (Fsp3) is 0.500. The molecule has 1 saturated carbocycles. The molecule has 7 heteroatoms. The summed E-state index contributed by atoms with van der Waals surface area (Å²) in [5, 5.41) is 0. The maximum atomic E-state index is 13.0. The summed E-state index contributed by atoms with van der Waals surface area (Å²) in [6, 6.07) is 18.8. The van der Waals surface area contributed by atoms with Crippen LogP contribution in [-0.2, 0) is 35.0 Å². The van der Waals surface area contributed by atoms with E-state index in [0.717, 1.165) is 5.56 Å². The Bertz CT molecular complexity index is 943. The van der Waals surface area contributed by atoms with E-state index in [2.05, 4.69) is 0 Å². The van der Waals surface area contributed by atoms with Gasteiger partial charge < -0.3 is 28.4 Å². The molecule has 7 nitrogen and oxygen atoms in total. The molecule has 176 valence electrons. The van der Waals surface area contributed by atoms with Crippen molar-refractivity contribution in [1.29, 1.82) is 0 Å². The van der Waals surface area contributed by atoms with Crippen molar-refractivity contribution in [2.45, 2.75) is 82.5 Å². The van der Waals surface area contributed by atoms with Crippen molar-refractivity contribution in [3.8, 4) is 0 Å². The largest absolute Gasteiger partial charge is 0.453 e. The van der Waals surface area contributed by atoms with Crippen molar-refractivity contribution in [3.05, 3.63) is 71.8 Å². The van der Waals surface area contributed by atoms with Gasteiger partial charge in [-0.3, -0.25) is 0 Å². The van der Waals surface area contributed by atoms with E-state index in [1.165, 1.54) is 0 Å². The SMILES string of the molecule is CC1(C)O[C@@H]2[C@@H](OCc3ccccc3)[C@@H]3OC(C)(C)O[C@H]3[C@H](OC(=O)c3ccccc3)[C@H]2O1. The summed E-state index contributed by atoms with van der Waals surface area (Å²) >= 11 is 0. The van der Waals surface area contributed by atoms with Gasteiger partial charge in [-0.15, -0.1) is 0 Å². The number of hydrogen-bond acceptors (Lipinski definition) is 7. The molecule has 0 bridgehead atoms. The lowest BCUT2D eigenvalue weighted by molar-refractivity contribution is -0.190. The monoisotopic (exact) mass is 454 g/mol. The summed E-state index contributed by atoms with van der Waals surface area (Å²) in [5.41, 5.74) is 1.50. The van der Waals surface area contributed by atoms with Gasteiger partial charge in [0, 0.05) is 0 Å². The molecule has 6 atom stereocenters. The van der Waals surface area contributed by atoms with Crippen LogP contribution in [0.2, 0.25) is 0 Å². The van der Waals surface area contributed by atoms with Crippen LogP contribution in [0.15, 0.2) is 60.7 Å². The van der Waals surface area contributed by atoms with E-state index >= 15 is 0 Å². The molecule has 2 aromatic rings. The molecule has 0 amide bonds. The maximum absolute atomic E-state index is 13.0. The first kappa shape index (κ1) is 22.5. The number of hydrogen-bond donors (Lipinski definition) is 0. The van der Waals surface area contributed by atoms with Crippen LogP contribution in [0, 0.1) is 0 Å². The van der Waals surface area contributed by atoms with E-state index in [4.69, 9.17) is 28.4 Å². The number of benzene rings is 2. The quantitative estimate of drug-likeness (QED) is 0.636. The molecule has 0 spiro atoms. The second-order valence-corrected chi connectivity index (χ2v) is 9.63. The smallest absolute Gasteiger partial charge is 0.338 e. The number of ether oxygens (including phenoxy) is 6. The van der Waals surface area contributed by atoms with E-state index < -0.39 is 54.2 Å². The molecule has 0 aromatic heterocycles. The fourth-order valence-corrected chi connectivity index (χ4v) is 4.88. The second kappa shape index (κ2) is 8.49. The zero-order chi connectivity index (χ0) is 23.2. The molecule has 3 aliphatic rings. The van der Waals surface area contributed by atoms with E-state index in [1.54, 1.807) is 24.3 Å². The Morgan fingerprint density at radius 2 is 1.18 bits per heavy atom. The Hall–Kier alpha value is -2.29. The lowest BCUT2D eigenvalue weighted by atomic mass is 9.84. The Morgan fingerprint density at radius 3 is 1.70 bits per heavy atom. The molecule has 33 heavy (non-hydrogen) atoms. The van der Waals surface area contributed by atoms with Crippen LogP contribution in [0.3, 0.4) is 0 Å². The first-order chi connectivity index (χ1) is 15.7. The minimum Gasteiger partial charge on any atom is -0.453 e. The molecule has 0 radical (unpaired) electrons. The fourth-order valence-electron chi connectivity index (χ4n) is 4.88. The van der Waals surface area contributed by atoms with Gasteiger partial charge in [-0.2, -0.15) is 0 Å². The van der Waals surface area contributed by atoms with Gasteiger partial charge in [0.2, 0.25) is 0 Å². The first-order valence-corrected chi connectivity index (χ1v) is 11.4. The maximum Gasteiger partial charge on any atom is 0.338 e. The van der Waals surface area contributed by atoms with E-state index in [9.17, 15) is 4.79 Å². The molecular formula is C26H30O7. The normalized spacial score (nSPS) is 33.8. The minimum absolute atomic E-state index is 0.389. The number of carbonyl (C=O) groups is 1. The highest BCUT2D eigenvalue weighted by Gasteiger charge is 2.65. The Balaban J connectivity index is 1.44. The molecule has 2 saturated heterocycles. The predicted molar refractivity (Wildman–Crippen MR) is 118 cm³/mol. The van der Waals surface area contributed by atoms with Crippen LogP contribution in [-0.4, -0.2) is 54.2 Å². The van der Waals surface area contributed by atoms with Crippen molar-refractivity contribution < 1.29 is 33.2 Å². The van der Waals surface area contributed by atoms with Gasteiger partial charge in [0.05, 0.1) is 12.2 Å². The van der Waals surface area contributed by atoms with Gasteiger partial charge >= 0.3 is 5.97 Å². The summed E-state index contributed by atoms with van der Waals surface area (Å²) in [4.78, 5) is 13.0. The summed E-state index contributed by atoms with van der Waals surface area (Å²) < 4.78 is 37.4. The van der Waals surface area contributed by atoms with E-state index in [-0.39, 0.29) is 0 Å². The average Bonchev–Trinajstić information content (AvgIpc) is 3.28. The number of carbonyl (C=O) groups excluding carboxylic acids is 1. The van der Waals surface area contributed by atoms with Gasteiger partial charge in [-0.25, -0.2) is 4.79 Å². The lowest BCUT2D eigenvalue weighted by Gasteiger charge is -2.42. The van der Waals surface area contributed by atoms with Crippen LogP contribution in [0.25, 0.3) is 0 Å². The zero-order valence-corrected chi connectivity index (χ0v) is 19.3. The molecule has 0 N–H and O–H groups in total. The van der Waals surface area contributed by atoms with Crippen LogP contribution < -0.4 is 0 Å². The van der Waals surface area contributed by atoms with E-state index in [1.807, 2.05) is 64.1 Å². The lowest BCUT2D eigenvalue weighted by Crippen LogP contribution is -2.63. The number of fused-ring (bicyclic) bond motifs is 2. The molecule has 2 aliphatic heterocycles. The summed E-state index contributed by atoms with van der Waals surface area (Å²) in [6.45, 7) is 7.77. The van der Waals surface area contributed by atoms with Crippen molar-refractivity contribution in [2.24, 2.45) is 0 Å². The number of esters is 1. The molecule has 1 aliphatic carbocycles. The second-order valence-electron chi connectivity index (χ2n) is 9.63. The minimum atomic E-state index is -0.866. The predicted octanol–water partition coefficient (Wildman–Crippen LogP) is 3.85. The van der Waals surface area contributed by atoms with Gasteiger partial charge in [0.1, 0.15) is 30.5 Å². The summed E-state index contributed by atoms with van der Waals surface area (Å²) in [7, 11) is 0. The summed E-state index contributed by atoms with van der Waals surface area (Å²) in [6.07, 6.45) is -3.28. The highest BCUT2D eigenvalue weighted by atomic mass is 16.8. The van der Waals surface area contributed by atoms with Crippen LogP contribution in [0.5, 0.6) is 0 Å². The Labute approximate surface area is 193 Å². The molecule has 2 heterocycles. The topological polar surface area (TPSA) is 72.5 Å². The third-order valence-electron chi connectivity index (χ3n) is 6.16. The van der Waals surface area contributed by atoms with Gasteiger partial charge in [-0.1, -0.05) is 48.5 Å². The Kier molecular flexibility index (Phi) is 5.79. The molecular weight excluding hydrogens is 424 g/mol. The average molecular weight is 455 g/mol. The summed E-state index contributed by atoms with van der Waals surface area (Å²) in [5.74, 6) is -2.17. The molecule has 5 rings (SSSR count). The molecule has 3 fully saturated rings. The Morgan fingerprint density at radius 1 is 0.727 bits per heavy atom. The molecule has 2 aromatic carbocycles. The zero-order valence-electron chi connectivity index (χ0n) is 19.3. The van der Waals surface area contributed by atoms with Crippen LogP contribution in [0.1, 0.15) is 43.6 Å². The third-order valence-corrected chi connectivity index (χ3v) is 6.16. The number of rotatable bonds is 5. The molecule has 0 unspecified atom stereocenters. The first-order valence-electron chi connectivity index (χ1n) is 11.4. The van der Waals surface area contributed by atoms with Crippen molar-refractivity contribution in [2.75, 3.05) is 0 Å². The van der Waals surface area contributed by atoms with E-state index in [0.29, 0.717) is 12.2 Å². The van der Waals surface area contributed by atoms with Gasteiger partial charge in [0.25, 0.3) is 0 Å². The standard InChI is InChI=1S/C26H30O7/c1-25(2)30-20-18(28-15-16-11-7-5-8-12-16)21-23(33-26(3,4)31-21)19(22(20)32-25)29-24(27)17-13-9-6-10-14-17/h5-14,18-23H,15H2,1-4H3/t18-,19-,20-,21+,22-,23+. The van der Waals surface area contributed by atoms with Gasteiger partial charge in [-0.05, 0) is 45.4 Å². The highest BCUT2D eigenvalue weighted by Crippen LogP contribution is 2.46. The third kappa shape index (κ3) is 4.56. The highest BCUT2D eigenvalue weighted by molar-refractivity contribution is 5.89. The van der Waals surface area contributed by atoms with Crippen molar-refractivity contribution in [3.63, 3.8) is 0 Å². The van der Waals surface area contributed by atoms with Crippen LogP contribution >= 0.6 is 0 Å². The van der Waals surface area contributed by atoms with Crippen molar-refractivity contribution >= 4 is 5.97 Å². The van der Waals surface area contributed by atoms with Crippen molar-refractivity contribution in [1.82, 2.24) is 0 Å². The van der Waals surface area contributed by atoms with Crippen LogP contribution in [0.4, 0.5) is 0 Å². The van der Waals surface area contributed by atoms with Gasteiger partial charge in [0.15, 0.2) is 17.7 Å².